The van der Waals surface area contributed by atoms with E-state index in [1.807, 2.05) is 10.8 Å². The zero-order chi connectivity index (χ0) is 21.6. The van der Waals surface area contributed by atoms with Crippen LogP contribution in [0.25, 0.3) is 0 Å². The number of aromatic nitrogens is 1. The predicted molar refractivity (Wildman–Crippen MR) is 93.0 cm³/mol. The number of aromatic amines is 1. The van der Waals surface area contributed by atoms with Crippen LogP contribution in [-0.2, 0) is 27.6 Å². The molecule has 10 heteroatoms. The van der Waals surface area contributed by atoms with Gasteiger partial charge in [-0.15, -0.1) is 0 Å². The van der Waals surface area contributed by atoms with Crippen molar-refractivity contribution < 1.29 is 26.0 Å². The molecule has 6 nitrogen and oxygen atoms in total. The average molecular weight is 449 g/mol. The van der Waals surface area contributed by atoms with Crippen molar-refractivity contribution in [3.63, 3.8) is 0 Å². The number of halogens is 3. The van der Waals surface area contributed by atoms with Crippen molar-refractivity contribution in [2.75, 3.05) is 11.8 Å². The fourth-order valence-electron chi connectivity index (χ4n) is 2.85. The summed E-state index contributed by atoms with van der Waals surface area (Å²) in [5, 5.41) is 9.42. The van der Waals surface area contributed by atoms with Crippen molar-refractivity contribution in [2.24, 2.45) is 0 Å². The van der Waals surface area contributed by atoms with Crippen LogP contribution in [0.4, 0.5) is 14.5 Å². The van der Waals surface area contributed by atoms with Crippen molar-refractivity contribution in [3.8, 4) is 6.07 Å². The molecule has 1 atom stereocenters. The summed E-state index contributed by atoms with van der Waals surface area (Å²) in [5.41, 5.74) is -1.53. The van der Waals surface area contributed by atoms with Crippen LogP contribution in [0, 0.1) is 23.0 Å². The maximum Gasteiger partial charge on any atom is 0.263 e. The normalized spacial score (nSPS) is 21.8. The van der Waals surface area contributed by atoms with E-state index in [2.05, 4.69) is 20.9 Å². The van der Waals surface area contributed by atoms with Gasteiger partial charge in [-0.2, -0.15) is 5.26 Å². The minimum atomic E-state index is -4.28. The molecule has 26 heavy (non-hydrogen) atoms. The minimum absolute atomic E-state index is 0.0376. The lowest BCUT2D eigenvalue weighted by atomic mass is 9.85. The van der Waals surface area contributed by atoms with Crippen molar-refractivity contribution in [2.45, 2.75) is 29.8 Å². The van der Waals surface area contributed by atoms with E-state index in [1.165, 1.54) is 0 Å². The third-order valence-electron chi connectivity index (χ3n) is 4.22. The van der Waals surface area contributed by atoms with Crippen LogP contribution in [0.2, 0.25) is 0 Å². The highest BCUT2D eigenvalue weighted by Crippen LogP contribution is 2.35. The lowest BCUT2D eigenvalue weighted by Crippen LogP contribution is -2.36. The lowest BCUT2D eigenvalue weighted by Gasteiger charge is -2.29. The Morgan fingerprint density at radius 3 is 2.92 bits per heavy atom. The smallest absolute Gasteiger partial charge is 0.263 e. The Morgan fingerprint density at radius 1 is 1.46 bits per heavy atom. The molecule has 3 rings (SSSR count). The number of anilines is 1. The Morgan fingerprint density at radius 2 is 2.23 bits per heavy atom. The maximum absolute atomic E-state index is 14.0. The zero-order valence-corrected chi connectivity index (χ0v) is 15.5. The fourth-order valence-corrected chi connectivity index (χ4v) is 4.49. The van der Waals surface area contributed by atoms with Crippen LogP contribution in [0.3, 0.4) is 0 Å². The Hall–Kier alpha value is -1.96. The van der Waals surface area contributed by atoms with Crippen LogP contribution in [-0.4, -0.2) is 26.0 Å². The lowest BCUT2D eigenvalue weighted by molar-refractivity contribution is 0.0267. The summed E-state index contributed by atoms with van der Waals surface area (Å²) in [6.07, 6.45) is 0.989. The van der Waals surface area contributed by atoms with E-state index in [9.17, 15) is 22.5 Å². The van der Waals surface area contributed by atoms with Gasteiger partial charge in [0.1, 0.15) is 16.5 Å². The Balaban J connectivity index is 1.92. The van der Waals surface area contributed by atoms with E-state index in [0.29, 0.717) is 17.3 Å². The van der Waals surface area contributed by atoms with Gasteiger partial charge in [0, 0.05) is 31.4 Å². The molecular formula is C16H14BrF2N3O3S. The Bertz CT molecular complexity index is 1120. The number of nitrogens with zero attached hydrogens (tertiary/aromatic N) is 1. The average Bonchev–Trinajstić information content (AvgIpc) is 3.01. The molecule has 1 aromatic carbocycles. The molecular weight excluding hydrogens is 432 g/mol. The van der Waals surface area contributed by atoms with Gasteiger partial charge in [-0.3, -0.25) is 4.72 Å². The van der Waals surface area contributed by atoms with Gasteiger partial charge in [0.25, 0.3) is 10.0 Å². The highest BCUT2D eigenvalue weighted by molar-refractivity contribution is 9.10. The summed E-state index contributed by atoms with van der Waals surface area (Å²) in [6, 6.07) is 3.37. The number of sulfonamides is 1. The highest BCUT2D eigenvalue weighted by Gasteiger charge is 2.38. The van der Waals surface area contributed by atoms with Crippen LogP contribution in [0.1, 0.15) is 21.8 Å². The summed E-state index contributed by atoms with van der Waals surface area (Å²) >= 11 is 2.81. The molecule has 1 aromatic heterocycles. The molecule has 0 spiro atoms. The van der Waals surface area contributed by atoms with Gasteiger partial charge in [0.15, 0.2) is 5.60 Å². The van der Waals surface area contributed by atoms with Crippen molar-refractivity contribution in [3.05, 3.63) is 45.7 Å². The summed E-state index contributed by atoms with van der Waals surface area (Å²) in [5.74, 6) is -1.82. The SMILES string of the molecule is [2H]C([2H])([2H])OC1(C#N)CCc2c(S(=O)(=O)Nc3cc(F)c(Br)cc3F)c[nH]c2C1. The summed E-state index contributed by atoms with van der Waals surface area (Å²) in [4.78, 5) is 2.52. The third kappa shape index (κ3) is 3.22. The third-order valence-corrected chi connectivity index (χ3v) is 6.26. The molecule has 0 aliphatic heterocycles. The number of hydrogen-bond acceptors (Lipinski definition) is 4. The number of ether oxygens (including phenoxy) is 1. The number of H-pyrrole nitrogens is 1. The first-order valence-corrected chi connectivity index (χ1v) is 9.61. The number of fused-ring (bicyclic) bond motifs is 1. The van der Waals surface area contributed by atoms with Gasteiger partial charge in [0.2, 0.25) is 0 Å². The van der Waals surface area contributed by atoms with Gasteiger partial charge in [-0.1, -0.05) is 0 Å². The number of nitrogens with one attached hydrogen (secondary N) is 2. The van der Waals surface area contributed by atoms with Gasteiger partial charge < -0.3 is 9.72 Å². The number of rotatable bonds is 4. The van der Waals surface area contributed by atoms with Crippen molar-refractivity contribution in [1.82, 2.24) is 4.98 Å². The first-order chi connectivity index (χ1) is 13.4. The molecule has 0 radical (unpaired) electrons. The molecule has 1 aliphatic carbocycles. The summed E-state index contributed by atoms with van der Waals surface area (Å²) < 4.78 is 81.7. The molecule has 0 saturated carbocycles. The first-order valence-electron chi connectivity index (χ1n) is 8.84. The zero-order valence-electron chi connectivity index (χ0n) is 16.1. The van der Waals surface area contributed by atoms with Gasteiger partial charge >= 0.3 is 0 Å². The topological polar surface area (TPSA) is 95.0 Å². The molecule has 2 N–H and O–H groups in total. The number of nitriles is 1. The second kappa shape index (κ2) is 6.64. The molecule has 2 aromatic rings. The van der Waals surface area contributed by atoms with E-state index in [-0.39, 0.29) is 28.6 Å². The molecule has 1 aliphatic rings. The molecule has 0 amide bonds. The maximum atomic E-state index is 14.0. The second-order valence-corrected chi connectivity index (χ2v) is 8.35. The van der Waals surface area contributed by atoms with E-state index < -0.39 is 40.0 Å². The van der Waals surface area contributed by atoms with Gasteiger partial charge in [-0.05, 0) is 40.4 Å². The number of methoxy groups -OCH3 is 1. The molecule has 138 valence electrons. The van der Waals surface area contributed by atoms with Gasteiger partial charge in [-0.25, -0.2) is 17.2 Å². The molecule has 1 unspecified atom stereocenters. The Kier molecular flexibility index (Phi) is 3.87. The standard InChI is InChI=1S/C16H14BrF2N3O3S/c1-25-16(8-20)3-2-9-14(6-16)21-7-15(9)26(23,24)22-13-5-11(18)10(17)4-12(13)19/h4-5,7,21-22H,2-3,6H2,1H3/i1D3. The van der Waals surface area contributed by atoms with Crippen LogP contribution in [0.15, 0.2) is 27.7 Å². The predicted octanol–water partition coefficient (Wildman–Crippen LogP) is 3.25. The fraction of sp³-hybridized carbons (Fsp3) is 0.312. The second-order valence-electron chi connectivity index (χ2n) is 5.85. The van der Waals surface area contributed by atoms with E-state index in [0.717, 1.165) is 12.3 Å². The monoisotopic (exact) mass is 448 g/mol. The highest BCUT2D eigenvalue weighted by atomic mass is 79.9. The van der Waals surface area contributed by atoms with Crippen molar-refractivity contribution in [1.29, 1.82) is 5.26 Å². The quantitative estimate of drug-likeness (QED) is 0.701. The van der Waals surface area contributed by atoms with Crippen molar-refractivity contribution >= 4 is 31.6 Å². The molecule has 0 saturated heterocycles. The first kappa shape index (κ1) is 15.1. The minimum Gasteiger partial charge on any atom is -0.363 e. The Labute approximate surface area is 161 Å². The summed E-state index contributed by atoms with van der Waals surface area (Å²) in [7, 11) is -7.07. The number of hydrogen-bond donors (Lipinski definition) is 2. The molecule has 1 heterocycles. The van der Waals surface area contributed by atoms with Crippen LogP contribution >= 0.6 is 15.9 Å². The van der Waals surface area contributed by atoms with E-state index >= 15 is 0 Å². The summed E-state index contributed by atoms with van der Waals surface area (Å²) in [6.45, 7) is 0. The largest absolute Gasteiger partial charge is 0.363 e. The van der Waals surface area contributed by atoms with Crippen LogP contribution in [0.5, 0.6) is 0 Å². The van der Waals surface area contributed by atoms with Crippen LogP contribution < -0.4 is 4.72 Å². The number of benzene rings is 1. The molecule has 0 bridgehead atoms. The van der Waals surface area contributed by atoms with Gasteiger partial charge in [0.05, 0.1) is 20.3 Å². The molecule has 0 fully saturated rings. The van der Waals surface area contributed by atoms with E-state index in [1.54, 1.807) is 0 Å². The van der Waals surface area contributed by atoms with E-state index in [4.69, 9.17) is 8.85 Å².